The number of aromatic hydroxyl groups is 1. The van der Waals surface area contributed by atoms with Crippen molar-refractivity contribution in [3.63, 3.8) is 0 Å². The predicted octanol–water partition coefficient (Wildman–Crippen LogP) is 5.41. The van der Waals surface area contributed by atoms with E-state index >= 15 is 0 Å². The minimum absolute atomic E-state index is 0.0497. The van der Waals surface area contributed by atoms with E-state index in [1.807, 2.05) is 71.6 Å². The van der Waals surface area contributed by atoms with Gasteiger partial charge in [-0.05, 0) is 55.5 Å². The summed E-state index contributed by atoms with van der Waals surface area (Å²) in [6.07, 6.45) is 3.73. The van der Waals surface area contributed by atoms with Gasteiger partial charge in [0.15, 0.2) is 11.5 Å². The van der Waals surface area contributed by atoms with E-state index in [2.05, 4.69) is 10.3 Å². The maximum absolute atomic E-state index is 14.2. The van der Waals surface area contributed by atoms with Crippen LogP contribution >= 0.6 is 0 Å². The van der Waals surface area contributed by atoms with Gasteiger partial charge in [0.25, 0.3) is 5.56 Å². The lowest BCUT2D eigenvalue weighted by molar-refractivity contribution is 0.169. The lowest BCUT2D eigenvalue weighted by Gasteiger charge is -2.27. The third-order valence-electron chi connectivity index (χ3n) is 8.94. The quantitative estimate of drug-likeness (QED) is 0.244. The van der Waals surface area contributed by atoms with E-state index in [0.29, 0.717) is 48.6 Å². The number of carbonyl (C=O) groups excluding carboxylic acids is 1. The second-order valence-corrected chi connectivity index (χ2v) is 11.5. The molecule has 7 rings (SSSR count). The molecule has 5 aromatic rings. The number of nitrogens with one attached hydrogen (secondary N) is 2. The summed E-state index contributed by atoms with van der Waals surface area (Å²) in [7, 11) is 1.73. The molecule has 0 bridgehead atoms. The SMILES string of the molecule is Cn1c(=O)c(C(c2cccc3c2OCCO3)c2[nH]c3ccccc3c2CCNC(=O)N2CCCCC2)c(O)c2ccccc21. The van der Waals surface area contributed by atoms with E-state index < -0.39 is 5.92 Å². The first-order valence-corrected chi connectivity index (χ1v) is 15.3. The standard InChI is InChI=1S/C35H36N4O5/c1-38-27-14-6-4-11-24(27)32(40)30(34(38)41)29(25-12-9-15-28-33(25)44-21-20-43-28)31-23(22-10-3-5-13-26(22)37-31)16-17-36-35(42)39-18-7-2-8-19-39/h3-6,9-15,29,37,40H,2,7-8,16-21H2,1H3,(H,36,42). The highest BCUT2D eigenvalue weighted by molar-refractivity contribution is 5.89. The van der Waals surface area contributed by atoms with Crippen LogP contribution in [0.1, 0.15) is 47.6 Å². The number of aromatic nitrogens is 2. The smallest absolute Gasteiger partial charge is 0.317 e. The van der Waals surface area contributed by atoms with Crippen LogP contribution in [0.15, 0.2) is 71.5 Å². The number of urea groups is 1. The van der Waals surface area contributed by atoms with Gasteiger partial charge in [0, 0.05) is 54.2 Å². The van der Waals surface area contributed by atoms with Crippen molar-refractivity contribution >= 4 is 27.8 Å². The summed E-state index contributed by atoms with van der Waals surface area (Å²) in [6.45, 7) is 2.78. The van der Waals surface area contributed by atoms with Crippen LogP contribution in [0.5, 0.6) is 17.2 Å². The second kappa shape index (κ2) is 11.6. The first-order chi connectivity index (χ1) is 21.5. The number of rotatable bonds is 6. The molecule has 4 heterocycles. The van der Waals surface area contributed by atoms with Crippen LogP contribution in [0.3, 0.4) is 0 Å². The number of aromatic amines is 1. The number of para-hydroxylation sites is 3. The van der Waals surface area contributed by atoms with E-state index in [1.165, 1.54) is 0 Å². The third-order valence-corrected chi connectivity index (χ3v) is 8.94. The Labute approximate surface area is 255 Å². The van der Waals surface area contributed by atoms with E-state index in [0.717, 1.165) is 60.1 Å². The summed E-state index contributed by atoms with van der Waals surface area (Å²) >= 11 is 0. The van der Waals surface area contributed by atoms with Gasteiger partial charge in [-0.25, -0.2) is 4.79 Å². The molecule has 2 aliphatic heterocycles. The van der Waals surface area contributed by atoms with Crippen molar-refractivity contribution in [2.75, 3.05) is 32.8 Å². The van der Waals surface area contributed by atoms with Crippen LogP contribution in [0.25, 0.3) is 21.8 Å². The number of hydrogen-bond donors (Lipinski definition) is 3. The molecule has 0 radical (unpaired) electrons. The number of ether oxygens (including phenoxy) is 2. The van der Waals surface area contributed by atoms with Crippen LogP contribution in [0.4, 0.5) is 4.79 Å². The molecule has 0 spiro atoms. The molecule has 3 aromatic carbocycles. The normalized spacial score (nSPS) is 15.4. The van der Waals surface area contributed by atoms with Crippen molar-refractivity contribution in [3.8, 4) is 17.2 Å². The van der Waals surface area contributed by atoms with Gasteiger partial charge in [-0.2, -0.15) is 0 Å². The highest BCUT2D eigenvalue weighted by atomic mass is 16.6. The molecule has 3 N–H and O–H groups in total. The molecule has 44 heavy (non-hydrogen) atoms. The van der Waals surface area contributed by atoms with Gasteiger partial charge in [-0.3, -0.25) is 4.79 Å². The molecule has 2 amide bonds. The Hall–Kier alpha value is -4.92. The Morgan fingerprint density at radius 3 is 2.55 bits per heavy atom. The van der Waals surface area contributed by atoms with E-state index in [1.54, 1.807) is 11.6 Å². The number of fused-ring (bicyclic) bond motifs is 3. The Bertz CT molecular complexity index is 1920. The molecular formula is C35H36N4O5. The number of amides is 2. The first kappa shape index (κ1) is 27.9. The Morgan fingerprint density at radius 2 is 1.70 bits per heavy atom. The average molecular weight is 593 g/mol. The number of benzene rings is 3. The van der Waals surface area contributed by atoms with Gasteiger partial charge in [-0.15, -0.1) is 0 Å². The molecule has 0 saturated carbocycles. The largest absolute Gasteiger partial charge is 0.507 e. The highest BCUT2D eigenvalue weighted by Crippen LogP contribution is 2.46. The summed E-state index contributed by atoms with van der Waals surface area (Å²) in [5.74, 6) is 0.380. The maximum atomic E-state index is 14.2. The van der Waals surface area contributed by atoms with E-state index in [9.17, 15) is 14.7 Å². The molecule has 226 valence electrons. The number of nitrogens with zero attached hydrogens (tertiary/aromatic N) is 2. The fourth-order valence-corrected chi connectivity index (χ4v) is 6.78. The molecule has 1 saturated heterocycles. The predicted molar refractivity (Wildman–Crippen MR) is 170 cm³/mol. The number of H-pyrrole nitrogens is 1. The summed E-state index contributed by atoms with van der Waals surface area (Å²) in [5.41, 5.74) is 3.95. The molecule has 1 unspecified atom stereocenters. The molecule has 2 aliphatic rings. The van der Waals surface area contributed by atoms with Gasteiger partial charge >= 0.3 is 6.03 Å². The number of piperidine rings is 1. The van der Waals surface area contributed by atoms with Crippen LogP contribution in [-0.2, 0) is 13.5 Å². The number of carbonyl (C=O) groups is 1. The second-order valence-electron chi connectivity index (χ2n) is 11.5. The van der Waals surface area contributed by atoms with Gasteiger partial charge in [0.05, 0.1) is 17.0 Å². The summed E-state index contributed by atoms with van der Waals surface area (Å²) in [4.78, 5) is 32.7. The fourth-order valence-electron chi connectivity index (χ4n) is 6.78. The molecule has 9 heteroatoms. The fraction of sp³-hybridized carbons (Fsp3) is 0.314. The van der Waals surface area contributed by atoms with Crippen LogP contribution in [0.2, 0.25) is 0 Å². The van der Waals surface area contributed by atoms with Crippen LogP contribution in [0, 0.1) is 0 Å². The number of pyridine rings is 1. The van der Waals surface area contributed by atoms with E-state index in [4.69, 9.17) is 9.47 Å². The van der Waals surface area contributed by atoms with E-state index in [-0.39, 0.29) is 22.9 Å². The topological polar surface area (TPSA) is 109 Å². The zero-order valence-corrected chi connectivity index (χ0v) is 24.8. The number of hydrogen-bond acceptors (Lipinski definition) is 5. The van der Waals surface area contributed by atoms with Crippen molar-refractivity contribution in [2.45, 2.75) is 31.6 Å². The molecule has 2 aromatic heterocycles. The lowest BCUT2D eigenvalue weighted by Crippen LogP contribution is -2.43. The molecular weight excluding hydrogens is 556 g/mol. The summed E-state index contributed by atoms with van der Waals surface area (Å²) in [5, 5.41) is 16.6. The average Bonchev–Trinajstić information content (AvgIpc) is 3.43. The zero-order chi connectivity index (χ0) is 30.2. The number of aryl methyl sites for hydroxylation is 1. The van der Waals surface area contributed by atoms with Crippen molar-refractivity contribution < 1.29 is 19.4 Å². The third kappa shape index (κ3) is 4.82. The van der Waals surface area contributed by atoms with Crippen LogP contribution < -0.4 is 20.3 Å². The minimum atomic E-state index is -0.713. The minimum Gasteiger partial charge on any atom is -0.507 e. The van der Waals surface area contributed by atoms with Crippen molar-refractivity contribution in [2.24, 2.45) is 7.05 Å². The van der Waals surface area contributed by atoms with Gasteiger partial charge < -0.3 is 34.3 Å². The van der Waals surface area contributed by atoms with Crippen LogP contribution in [-0.4, -0.2) is 58.4 Å². The van der Waals surface area contributed by atoms with Crippen molar-refractivity contribution in [1.82, 2.24) is 19.8 Å². The first-order valence-electron chi connectivity index (χ1n) is 15.3. The van der Waals surface area contributed by atoms with Crippen molar-refractivity contribution in [3.05, 3.63) is 99.5 Å². The number of likely N-dealkylation sites (tertiary alicyclic amines) is 1. The summed E-state index contributed by atoms with van der Waals surface area (Å²) in [6, 6.07) is 21.0. The van der Waals surface area contributed by atoms with Gasteiger partial charge in [-0.1, -0.05) is 42.5 Å². The highest BCUT2D eigenvalue weighted by Gasteiger charge is 2.34. The molecule has 1 atom stereocenters. The van der Waals surface area contributed by atoms with Gasteiger partial charge in [0.2, 0.25) is 0 Å². The Morgan fingerprint density at radius 1 is 0.955 bits per heavy atom. The summed E-state index contributed by atoms with van der Waals surface area (Å²) < 4.78 is 13.7. The van der Waals surface area contributed by atoms with Crippen molar-refractivity contribution in [1.29, 1.82) is 0 Å². The maximum Gasteiger partial charge on any atom is 0.317 e. The molecule has 0 aliphatic carbocycles. The molecule has 9 nitrogen and oxygen atoms in total. The zero-order valence-electron chi connectivity index (χ0n) is 24.8. The van der Waals surface area contributed by atoms with Gasteiger partial charge in [0.1, 0.15) is 19.0 Å². The molecule has 1 fully saturated rings. The lowest BCUT2D eigenvalue weighted by atomic mass is 9.84. The Balaban J connectivity index is 1.41. The Kier molecular flexibility index (Phi) is 7.37. The monoisotopic (exact) mass is 592 g/mol.